The van der Waals surface area contributed by atoms with Gasteiger partial charge in [0.25, 0.3) is 0 Å². The van der Waals surface area contributed by atoms with Crippen molar-refractivity contribution in [1.82, 2.24) is 0 Å². The summed E-state index contributed by atoms with van der Waals surface area (Å²) in [6.07, 6.45) is -0.163. The molecule has 1 aliphatic rings. The molecule has 0 aliphatic carbocycles. The molecule has 1 heterocycles. The SMILES string of the molecule is COc1cccc(NC(=O)CN2C(=O)CCS(=O)(=O)c3ccccc32)c1. The Morgan fingerprint density at radius 1 is 1.19 bits per heavy atom. The molecule has 1 N–H and O–H groups in total. The molecule has 8 heteroatoms. The molecule has 2 aromatic carbocycles. The summed E-state index contributed by atoms with van der Waals surface area (Å²) in [5, 5.41) is 2.69. The van der Waals surface area contributed by atoms with Crippen LogP contribution in [0.1, 0.15) is 6.42 Å². The predicted octanol–water partition coefficient (Wildman–Crippen LogP) is 1.84. The maximum atomic E-state index is 12.4. The van der Waals surface area contributed by atoms with E-state index in [9.17, 15) is 18.0 Å². The minimum Gasteiger partial charge on any atom is -0.497 e. The second-order valence-electron chi connectivity index (χ2n) is 5.80. The number of methoxy groups -OCH3 is 1. The number of hydrogen-bond acceptors (Lipinski definition) is 5. The topological polar surface area (TPSA) is 92.8 Å². The molecular formula is C18H18N2O5S. The van der Waals surface area contributed by atoms with Gasteiger partial charge in [-0.1, -0.05) is 18.2 Å². The number of carbonyl (C=O) groups is 2. The number of hydrogen-bond donors (Lipinski definition) is 1. The Labute approximate surface area is 151 Å². The summed E-state index contributed by atoms with van der Waals surface area (Å²) in [5.74, 6) is -0.512. The Bertz CT molecular complexity index is 956. The largest absolute Gasteiger partial charge is 0.497 e. The van der Waals surface area contributed by atoms with Gasteiger partial charge in [-0.2, -0.15) is 0 Å². The zero-order valence-electron chi connectivity index (χ0n) is 14.1. The van der Waals surface area contributed by atoms with Crippen LogP contribution in [0, 0.1) is 0 Å². The quantitative estimate of drug-likeness (QED) is 0.882. The summed E-state index contributed by atoms with van der Waals surface area (Å²) < 4.78 is 29.8. The van der Waals surface area contributed by atoms with E-state index in [4.69, 9.17) is 4.74 Å². The van der Waals surface area contributed by atoms with Crippen molar-refractivity contribution in [3.8, 4) is 5.75 Å². The third-order valence-electron chi connectivity index (χ3n) is 4.03. The van der Waals surface area contributed by atoms with E-state index in [1.807, 2.05) is 0 Å². The normalized spacial score (nSPS) is 15.7. The van der Waals surface area contributed by atoms with Crippen LogP contribution in [0.5, 0.6) is 5.75 Å². The summed E-state index contributed by atoms with van der Waals surface area (Å²) in [6, 6.07) is 13.1. The third-order valence-corrected chi connectivity index (χ3v) is 5.79. The fourth-order valence-corrected chi connectivity index (χ4v) is 4.21. The second-order valence-corrected chi connectivity index (χ2v) is 7.87. The van der Waals surface area contributed by atoms with Crippen LogP contribution in [-0.2, 0) is 19.4 Å². The first kappa shape index (κ1) is 17.9. The lowest BCUT2D eigenvalue weighted by molar-refractivity contribution is -0.121. The van der Waals surface area contributed by atoms with Crippen molar-refractivity contribution in [3.63, 3.8) is 0 Å². The lowest BCUT2D eigenvalue weighted by Crippen LogP contribution is -2.37. The van der Waals surface area contributed by atoms with Crippen LogP contribution >= 0.6 is 0 Å². The number of sulfone groups is 1. The van der Waals surface area contributed by atoms with Crippen LogP contribution in [0.4, 0.5) is 11.4 Å². The van der Waals surface area contributed by atoms with Gasteiger partial charge in [-0.05, 0) is 24.3 Å². The molecule has 0 spiro atoms. The first-order valence-corrected chi connectivity index (χ1v) is 9.62. The van der Waals surface area contributed by atoms with Crippen LogP contribution in [0.2, 0.25) is 0 Å². The molecule has 2 aromatic rings. The Morgan fingerprint density at radius 2 is 1.96 bits per heavy atom. The van der Waals surface area contributed by atoms with Crippen molar-refractivity contribution < 1.29 is 22.7 Å². The van der Waals surface area contributed by atoms with Crippen molar-refractivity contribution in [2.75, 3.05) is 29.6 Å². The van der Waals surface area contributed by atoms with Gasteiger partial charge >= 0.3 is 0 Å². The lowest BCUT2D eigenvalue weighted by atomic mass is 10.2. The van der Waals surface area contributed by atoms with Crippen molar-refractivity contribution in [3.05, 3.63) is 48.5 Å². The number of amides is 2. The van der Waals surface area contributed by atoms with Gasteiger partial charge in [-0.3, -0.25) is 9.59 Å². The number of rotatable bonds is 4. The fraction of sp³-hybridized carbons (Fsp3) is 0.222. The minimum absolute atomic E-state index is 0.0695. The molecular weight excluding hydrogens is 356 g/mol. The number of anilines is 2. The van der Waals surface area contributed by atoms with Crippen LogP contribution in [-0.4, -0.2) is 39.6 Å². The number of benzene rings is 2. The molecule has 0 saturated heterocycles. The smallest absolute Gasteiger partial charge is 0.244 e. The average Bonchev–Trinajstić information content (AvgIpc) is 2.72. The van der Waals surface area contributed by atoms with Crippen molar-refractivity contribution >= 4 is 33.0 Å². The predicted molar refractivity (Wildman–Crippen MR) is 97.1 cm³/mol. The summed E-state index contributed by atoms with van der Waals surface area (Å²) in [5.41, 5.74) is 0.758. The van der Waals surface area contributed by atoms with Gasteiger partial charge in [-0.15, -0.1) is 0 Å². The van der Waals surface area contributed by atoms with Gasteiger partial charge in [0.2, 0.25) is 11.8 Å². The molecule has 136 valence electrons. The van der Waals surface area contributed by atoms with Crippen LogP contribution in [0.25, 0.3) is 0 Å². The molecule has 1 aliphatic heterocycles. The first-order valence-electron chi connectivity index (χ1n) is 7.97. The Morgan fingerprint density at radius 3 is 2.73 bits per heavy atom. The molecule has 0 unspecified atom stereocenters. The Hall–Kier alpha value is -2.87. The van der Waals surface area contributed by atoms with E-state index in [0.717, 1.165) is 0 Å². The minimum atomic E-state index is -3.56. The molecule has 7 nitrogen and oxygen atoms in total. The number of nitrogens with one attached hydrogen (secondary N) is 1. The van der Waals surface area contributed by atoms with Gasteiger partial charge in [0, 0.05) is 18.2 Å². The highest BCUT2D eigenvalue weighted by atomic mass is 32.2. The van der Waals surface area contributed by atoms with Gasteiger partial charge in [0.05, 0.1) is 23.4 Å². The van der Waals surface area contributed by atoms with Crippen LogP contribution in [0.15, 0.2) is 53.4 Å². The van der Waals surface area contributed by atoms with E-state index in [1.165, 1.54) is 24.1 Å². The standard InChI is InChI=1S/C18H18N2O5S/c1-25-14-6-4-5-13(11-14)19-17(21)12-20-15-7-2-3-8-16(15)26(23,24)10-9-18(20)22/h2-8,11H,9-10,12H2,1H3,(H,19,21). The third kappa shape index (κ3) is 3.70. The molecule has 0 radical (unpaired) electrons. The highest BCUT2D eigenvalue weighted by Crippen LogP contribution is 2.30. The summed E-state index contributed by atoms with van der Waals surface area (Å²) in [4.78, 5) is 26.1. The van der Waals surface area contributed by atoms with Crippen LogP contribution < -0.4 is 15.0 Å². The average molecular weight is 374 g/mol. The summed E-state index contributed by atoms with van der Waals surface area (Å²) >= 11 is 0. The molecule has 0 saturated carbocycles. The number of carbonyl (C=O) groups excluding carboxylic acids is 2. The molecule has 0 fully saturated rings. The summed E-state index contributed by atoms with van der Waals surface area (Å²) in [6.45, 7) is -0.275. The molecule has 0 aromatic heterocycles. The van der Waals surface area contributed by atoms with Crippen LogP contribution in [0.3, 0.4) is 0 Å². The van der Waals surface area contributed by atoms with Crippen molar-refractivity contribution in [1.29, 1.82) is 0 Å². The highest BCUT2D eigenvalue weighted by molar-refractivity contribution is 7.91. The zero-order chi connectivity index (χ0) is 18.7. The van der Waals surface area contributed by atoms with Gasteiger partial charge in [0.15, 0.2) is 9.84 Å². The molecule has 3 rings (SSSR count). The molecule has 26 heavy (non-hydrogen) atoms. The first-order chi connectivity index (χ1) is 12.4. The Kier molecular flexibility index (Phi) is 4.94. The van der Waals surface area contributed by atoms with E-state index >= 15 is 0 Å². The van der Waals surface area contributed by atoms with E-state index in [0.29, 0.717) is 11.4 Å². The molecule has 0 bridgehead atoms. The fourth-order valence-electron chi connectivity index (χ4n) is 2.76. The second kappa shape index (κ2) is 7.17. The van der Waals surface area contributed by atoms with Crippen molar-refractivity contribution in [2.24, 2.45) is 0 Å². The maximum absolute atomic E-state index is 12.4. The number of ether oxygens (including phenoxy) is 1. The monoisotopic (exact) mass is 374 g/mol. The Balaban J connectivity index is 1.85. The number of fused-ring (bicyclic) bond motifs is 1. The van der Waals surface area contributed by atoms with E-state index in [1.54, 1.807) is 36.4 Å². The van der Waals surface area contributed by atoms with E-state index < -0.39 is 21.7 Å². The molecule has 2 amide bonds. The van der Waals surface area contributed by atoms with Gasteiger partial charge < -0.3 is 15.0 Å². The lowest BCUT2D eigenvalue weighted by Gasteiger charge is -2.21. The van der Waals surface area contributed by atoms with E-state index in [2.05, 4.69) is 5.32 Å². The maximum Gasteiger partial charge on any atom is 0.244 e. The van der Waals surface area contributed by atoms with Crippen molar-refractivity contribution in [2.45, 2.75) is 11.3 Å². The van der Waals surface area contributed by atoms with Gasteiger partial charge in [-0.25, -0.2) is 8.42 Å². The molecule has 0 atom stereocenters. The number of nitrogens with zero attached hydrogens (tertiary/aromatic N) is 1. The highest BCUT2D eigenvalue weighted by Gasteiger charge is 2.31. The number of para-hydroxylation sites is 1. The zero-order valence-corrected chi connectivity index (χ0v) is 15.0. The summed E-state index contributed by atoms with van der Waals surface area (Å²) in [7, 11) is -2.04. The van der Waals surface area contributed by atoms with Gasteiger partial charge in [0.1, 0.15) is 12.3 Å². The van der Waals surface area contributed by atoms with E-state index in [-0.39, 0.29) is 29.3 Å².